The minimum atomic E-state index is 0.285. The first-order chi connectivity index (χ1) is 14.3. The van der Waals surface area contributed by atoms with Gasteiger partial charge in [0.2, 0.25) is 5.89 Å². The molecule has 0 radical (unpaired) electrons. The fourth-order valence-electron chi connectivity index (χ4n) is 4.42. The highest BCUT2D eigenvalue weighted by atomic mass is 32.2. The van der Waals surface area contributed by atoms with Crippen molar-refractivity contribution in [3.05, 3.63) is 42.3 Å². The Morgan fingerprint density at radius 2 is 1.93 bits per heavy atom. The first-order valence-corrected chi connectivity index (χ1v) is 11.7. The standard InChI is InChI=1S/C22H31N5OS/c1-23-21(24-15-19-16-28-20(26-19)18-7-3-2-4-8-18)25-17-22(9-5-6-10-22)27-11-13-29-14-12-27/h2-4,7-8,16H,5-6,9-15,17H2,1H3,(H2,23,24,25). The molecule has 0 amide bonds. The highest BCUT2D eigenvalue weighted by Crippen LogP contribution is 2.36. The fraction of sp³-hybridized carbons (Fsp3) is 0.545. The van der Waals surface area contributed by atoms with E-state index in [9.17, 15) is 0 Å². The number of nitrogens with one attached hydrogen (secondary N) is 2. The molecular weight excluding hydrogens is 382 g/mol. The summed E-state index contributed by atoms with van der Waals surface area (Å²) < 4.78 is 5.63. The van der Waals surface area contributed by atoms with Crippen molar-refractivity contribution in [3.8, 4) is 11.5 Å². The van der Waals surface area contributed by atoms with E-state index in [-0.39, 0.29) is 5.54 Å². The maximum atomic E-state index is 5.63. The molecule has 29 heavy (non-hydrogen) atoms. The number of aliphatic imine (C=N–C) groups is 1. The second-order valence-corrected chi connectivity index (χ2v) is 9.04. The van der Waals surface area contributed by atoms with Crippen molar-refractivity contribution in [2.24, 2.45) is 4.99 Å². The maximum Gasteiger partial charge on any atom is 0.226 e. The van der Waals surface area contributed by atoms with Gasteiger partial charge >= 0.3 is 0 Å². The van der Waals surface area contributed by atoms with E-state index >= 15 is 0 Å². The zero-order valence-corrected chi connectivity index (χ0v) is 18.0. The largest absolute Gasteiger partial charge is 0.444 e. The Morgan fingerprint density at radius 3 is 2.66 bits per heavy atom. The van der Waals surface area contributed by atoms with Crippen LogP contribution in [0.25, 0.3) is 11.5 Å². The molecule has 1 saturated carbocycles. The van der Waals surface area contributed by atoms with Crippen molar-refractivity contribution in [2.45, 2.75) is 37.8 Å². The number of hydrogen-bond acceptors (Lipinski definition) is 5. The summed E-state index contributed by atoms with van der Waals surface area (Å²) >= 11 is 2.08. The molecular formula is C22H31N5OS. The van der Waals surface area contributed by atoms with Crippen molar-refractivity contribution in [3.63, 3.8) is 0 Å². The third-order valence-electron chi connectivity index (χ3n) is 6.03. The summed E-state index contributed by atoms with van der Waals surface area (Å²) in [4.78, 5) is 11.7. The fourth-order valence-corrected chi connectivity index (χ4v) is 5.32. The van der Waals surface area contributed by atoms with E-state index in [1.165, 1.54) is 50.3 Å². The van der Waals surface area contributed by atoms with E-state index in [1.807, 2.05) is 37.4 Å². The molecule has 2 aliphatic rings. The van der Waals surface area contributed by atoms with Gasteiger partial charge in [0, 0.05) is 49.3 Å². The van der Waals surface area contributed by atoms with E-state index in [4.69, 9.17) is 4.42 Å². The Bertz CT molecular complexity index is 795. The Hall–Kier alpha value is -1.99. The van der Waals surface area contributed by atoms with Gasteiger partial charge in [-0.3, -0.25) is 9.89 Å². The number of oxazole rings is 1. The Kier molecular flexibility index (Phi) is 6.77. The Labute approximate surface area is 177 Å². The SMILES string of the molecule is CN=C(NCc1coc(-c2ccccc2)n1)NCC1(N2CCSCC2)CCCC1. The van der Waals surface area contributed by atoms with E-state index < -0.39 is 0 Å². The first kappa shape index (κ1) is 20.3. The van der Waals surface area contributed by atoms with Gasteiger partial charge in [0.05, 0.1) is 12.2 Å². The summed E-state index contributed by atoms with van der Waals surface area (Å²) in [5.74, 6) is 3.99. The van der Waals surface area contributed by atoms with Gasteiger partial charge in [-0.05, 0) is 25.0 Å². The second kappa shape index (κ2) is 9.67. The summed E-state index contributed by atoms with van der Waals surface area (Å²) in [6, 6.07) is 9.98. The Morgan fingerprint density at radius 1 is 1.17 bits per heavy atom. The molecule has 2 N–H and O–H groups in total. The normalized spacial score (nSPS) is 20.0. The zero-order chi connectivity index (χ0) is 19.9. The number of aromatic nitrogens is 1. The van der Waals surface area contributed by atoms with Crippen LogP contribution < -0.4 is 10.6 Å². The van der Waals surface area contributed by atoms with Crippen LogP contribution in [0.5, 0.6) is 0 Å². The van der Waals surface area contributed by atoms with Crippen LogP contribution in [0.3, 0.4) is 0 Å². The number of hydrogen-bond donors (Lipinski definition) is 2. The van der Waals surface area contributed by atoms with Gasteiger partial charge in [0.15, 0.2) is 5.96 Å². The molecule has 1 aliphatic carbocycles. The Balaban J connectivity index is 1.32. The molecule has 1 aromatic carbocycles. The van der Waals surface area contributed by atoms with Crippen LogP contribution in [0.4, 0.5) is 0 Å². The summed E-state index contributed by atoms with van der Waals surface area (Å²) in [6.07, 6.45) is 6.94. The summed E-state index contributed by atoms with van der Waals surface area (Å²) in [5.41, 5.74) is 2.15. The molecule has 2 aromatic rings. The molecule has 0 unspecified atom stereocenters. The van der Waals surface area contributed by atoms with Gasteiger partial charge in [-0.15, -0.1) is 0 Å². The highest BCUT2D eigenvalue weighted by Gasteiger charge is 2.39. The molecule has 0 spiro atoms. The molecule has 2 heterocycles. The van der Waals surface area contributed by atoms with E-state index in [0.717, 1.165) is 23.8 Å². The maximum absolute atomic E-state index is 5.63. The topological polar surface area (TPSA) is 65.7 Å². The van der Waals surface area contributed by atoms with Crippen LogP contribution in [0, 0.1) is 0 Å². The first-order valence-electron chi connectivity index (χ1n) is 10.6. The van der Waals surface area contributed by atoms with Crippen LogP contribution in [0.15, 0.2) is 46.0 Å². The molecule has 4 rings (SSSR count). The lowest BCUT2D eigenvalue weighted by atomic mass is 9.94. The van der Waals surface area contributed by atoms with Crippen LogP contribution in [0.2, 0.25) is 0 Å². The average molecular weight is 414 g/mol. The average Bonchev–Trinajstić information content (AvgIpc) is 3.46. The molecule has 156 valence electrons. The smallest absolute Gasteiger partial charge is 0.226 e. The summed E-state index contributed by atoms with van der Waals surface area (Å²) in [6.45, 7) is 3.95. The van der Waals surface area contributed by atoms with Crippen molar-refractivity contribution >= 4 is 17.7 Å². The van der Waals surface area contributed by atoms with Crippen LogP contribution >= 0.6 is 11.8 Å². The monoisotopic (exact) mass is 413 g/mol. The molecule has 7 heteroatoms. The second-order valence-electron chi connectivity index (χ2n) is 7.82. The lowest BCUT2D eigenvalue weighted by Crippen LogP contribution is -2.57. The van der Waals surface area contributed by atoms with Gasteiger partial charge in [0.1, 0.15) is 6.26 Å². The molecule has 0 bridgehead atoms. The zero-order valence-electron chi connectivity index (χ0n) is 17.2. The number of nitrogens with zero attached hydrogens (tertiary/aromatic N) is 3. The van der Waals surface area contributed by atoms with Crippen molar-refractivity contribution in [2.75, 3.05) is 38.2 Å². The number of guanidine groups is 1. The van der Waals surface area contributed by atoms with Crippen LogP contribution in [0.1, 0.15) is 31.4 Å². The summed E-state index contributed by atoms with van der Waals surface area (Å²) in [7, 11) is 1.83. The third-order valence-corrected chi connectivity index (χ3v) is 6.98. The van der Waals surface area contributed by atoms with Gasteiger partial charge in [-0.2, -0.15) is 11.8 Å². The number of rotatable bonds is 6. The molecule has 1 aliphatic heterocycles. The predicted octanol–water partition coefficient (Wildman–Crippen LogP) is 3.37. The predicted molar refractivity (Wildman–Crippen MR) is 120 cm³/mol. The van der Waals surface area contributed by atoms with Crippen molar-refractivity contribution in [1.29, 1.82) is 0 Å². The number of benzene rings is 1. The molecule has 6 nitrogen and oxygen atoms in total. The molecule has 1 saturated heterocycles. The third kappa shape index (κ3) is 4.95. The molecule has 1 aromatic heterocycles. The molecule has 2 fully saturated rings. The summed E-state index contributed by atoms with van der Waals surface area (Å²) in [5, 5.41) is 6.98. The van der Waals surface area contributed by atoms with E-state index in [0.29, 0.717) is 12.4 Å². The lowest BCUT2D eigenvalue weighted by molar-refractivity contribution is 0.107. The van der Waals surface area contributed by atoms with Gasteiger partial charge in [-0.25, -0.2) is 4.98 Å². The van der Waals surface area contributed by atoms with Gasteiger partial charge in [0.25, 0.3) is 0 Å². The van der Waals surface area contributed by atoms with Crippen molar-refractivity contribution in [1.82, 2.24) is 20.5 Å². The van der Waals surface area contributed by atoms with E-state index in [1.54, 1.807) is 6.26 Å². The lowest BCUT2D eigenvalue weighted by Gasteiger charge is -2.43. The van der Waals surface area contributed by atoms with Gasteiger partial charge < -0.3 is 15.1 Å². The minimum Gasteiger partial charge on any atom is -0.444 e. The van der Waals surface area contributed by atoms with Crippen molar-refractivity contribution < 1.29 is 4.42 Å². The quantitative estimate of drug-likeness (QED) is 0.559. The van der Waals surface area contributed by atoms with Crippen LogP contribution in [-0.4, -0.2) is 59.6 Å². The van der Waals surface area contributed by atoms with Crippen LogP contribution in [-0.2, 0) is 6.54 Å². The minimum absolute atomic E-state index is 0.285. The highest BCUT2D eigenvalue weighted by molar-refractivity contribution is 7.99. The molecule has 0 atom stereocenters. The number of thioether (sulfide) groups is 1. The van der Waals surface area contributed by atoms with E-state index in [2.05, 4.69) is 37.3 Å². The van der Waals surface area contributed by atoms with Gasteiger partial charge in [-0.1, -0.05) is 31.0 Å².